The molecule has 0 heterocycles. The first-order valence-corrected chi connectivity index (χ1v) is 13.9. The molecule has 2 amide bonds. The monoisotopic (exact) mass is 559 g/mol. The summed E-state index contributed by atoms with van der Waals surface area (Å²) in [6.07, 6.45) is -0.422. The highest BCUT2D eigenvalue weighted by Crippen LogP contribution is 2.20. The number of nitrogens with one attached hydrogen (secondary N) is 1. The standard InChI is InChI=1S/C33H41N3O5/c1-33(2,3)41-32(40)36(21-20-34-28(23-30(37)38)27-18-12-7-13-19-27)29(22-25-14-8-5-9-15-25)31(39)35(4)24-26-16-10-6-11-17-26/h5-19,28-29,34H,20-24H2,1-4H3,(H,37,38)/t28-,29-/m0/s1. The van der Waals surface area contributed by atoms with Crippen LogP contribution in [0.25, 0.3) is 0 Å². The van der Waals surface area contributed by atoms with E-state index in [9.17, 15) is 19.5 Å². The van der Waals surface area contributed by atoms with Crippen molar-refractivity contribution in [2.75, 3.05) is 20.1 Å². The van der Waals surface area contributed by atoms with E-state index in [-0.39, 0.29) is 25.4 Å². The number of benzene rings is 3. The van der Waals surface area contributed by atoms with Crippen molar-refractivity contribution in [1.29, 1.82) is 0 Å². The van der Waals surface area contributed by atoms with E-state index in [1.54, 1.807) is 32.7 Å². The SMILES string of the molecule is CN(Cc1ccccc1)C(=O)[C@H](Cc1ccccc1)N(CCN[C@@H](CC(=O)O)c1ccccc1)C(=O)OC(C)(C)C. The van der Waals surface area contributed by atoms with Crippen LogP contribution in [0, 0.1) is 0 Å². The highest BCUT2D eigenvalue weighted by atomic mass is 16.6. The van der Waals surface area contributed by atoms with Gasteiger partial charge in [-0.25, -0.2) is 4.79 Å². The minimum atomic E-state index is -0.935. The van der Waals surface area contributed by atoms with Crippen LogP contribution in [-0.2, 0) is 27.3 Å². The van der Waals surface area contributed by atoms with E-state index in [1.807, 2.05) is 91.0 Å². The third-order valence-corrected chi connectivity index (χ3v) is 6.52. The molecule has 8 heteroatoms. The molecule has 3 rings (SSSR count). The van der Waals surface area contributed by atoms with E-state index >= 15 is 0 Å². The van der Waals surface area contributed by atoms with E-state index in [1.165, 1.54) is 4.90 Å². The molecular formula is C33H41N3O5. The summed E-state index contributed by atoms with van der Waals surface area (Å²) in [5.74, 6) is -1.15. The molecule has 0 fully saturated rings. The van der Waals surface area contributed by atoms with Gasteiger partial charge < -0.3 is 20.1 Å². The van der Waals surface area contributed by atoms with E-state index < -0.39 is 29.7 Å². The molecule has 218 valence electrons. The lowest BCUT2D eigenvalue weighted by molar-refractivity contribution is -0.137. The van der Waals surface area contributed by atoms with E-state index in [4.69, 9.17) is 4.74 Å². The molecule has 0 saturated heterocycles. The van der Waals surface area contributed by atoms with Crippen molar-refractivity contribution in [1.82, 2.24) is 15.1 Å². The Morgan fingerprint density at radius 1 is 0.854 bits per heavy atom. The molecule has 0 spiro atoms. The summed E-state index contributed by atoms with van der Waals surface area (Å²) < 4.78 is 5.77. The number of carboxylic acid groups (broad SMARTS) is 1. The lowest BCUT2D eigenvalue weighted by atomic mass is 10.0. The second-order valence-corrected chi connectivity index (χ2v) is 11.1. The van der Waals surface area contributed by atoms with Crippen LogP contribution >= 0.6 is 0 Å². The fourth-order valence-corrected chi connectivity index (χ4v) is 4.58. The average molecular weight is 560 g/mol. The maximum Gasteiger partial charge on any atom is 0.411 e. The molecule has 41 heavy (non-hydrogen) atoms. The number of aliphatic carboxylic acids is 1. The predicted molar refractivity (Wildman–Crippen MR) is 159 cm³/mol. The molecule has 0 radical (unpaired) electrons. The van der Waals surface area contributed by atoms with Gasteiger partial charge in [-0.2, -0.15) is 0 Å². The smallest absolute Gasteiger partial charge is 0.411 e. The normalized spacial score (nSPS) is 12.7. The summed E-state index contributed by atoms with van der Waals surface area (Å²) in [4.78, 5) is 42.3. The lowest BCUT2D eigenvalue weighted by Crippen LogP contribution is -2.54. The van der Waals surface area contributed by atoms with Crippen LogP contribution in [0.3, 0.4) is 0 Å². The molecule has 0 bridgehead atoms. The Morgan fingerprint density at radius 2 is 1.39 bits per heavy atom. The Balaban J connectivity index is 1.89. The fraction of sp³-hybridized carbons (Fsp3) is 0.364. The molecule has 0 aliphatic heterocycles. The Labute approximate surface area is 242 Å². The van der Waals surface area contributed by atoms with Gasteiger partial charge in [0, 0.05) is 39.1 Å². The van der Waals surface area contributed by atoms with Gasteiger partial charge in [0.25, 0.3) is 0 Å². The van der Waals surface area contributed by atoms with E-state index in [2.05, 4.69) is 5.32 Å². The second-order valence-electron chi connectivity index (χ2n) is 11.1. The zero-order chi connectivity index (χ0) is 29.8. The Kier molecular flexibility index (Phi) is 11.5. The Morgan fingerprint density at radius 3 is 1.93 bits per heavy atom. The summed E-state index contributed by atoms with van der Waals surface area (Å²) in [6, 6.07) is 27.3. The van der Waals surface area contributed by atoms with Gasteiger partial charge in [-0.15, -0.1) is 0 Å². The van der Waals surface area contributed by atoms with Crippen LogP contribution < -0.4 is 5.32 Å². The molecule has 0 aliphatic carbocycles. The number of likely N-dealkylation sites (N-methyl/N-ethyl adjacent to an activating group) is 1. The number of hydrogen-bond donors (Lipinski definition) is 2. The summed E-state index contributed by atoms with van der Waals surface area (Å²) in [5.41, 5.74) is 1.95. The number of nitrogens with zero attached hydrogens (tertiary/aromatic N) is 2. The molecule has 0 saturated carbocycles. The van der Waals surface area contributed by atoms with Gasteiger partial charge in [0.05, 0.1) is 6.42 Å². The van der Waals surface area contributed by atoms with Gasteiger partial charge in [0.1, 0.15) is 11.6 Å². The summed E-state index contributed by atoms with van der Waals surface area (Å²) in [5, 5.41) is 12.8. The fourth-order valence-electron chi connectivity index (χ4n) is 4.58. The Hall–Kier alpha value is -4.17. The number of amides is 2. The van der Waals surface area contributed by atoms with Crippen LogP contribution in [0.2, 0.25) is 0 Å². The first-order chi connectivity index (χ1) is 19.5. The third-order valence-electron chi connectivity index (χ3n) is 6.52. The molecule has 8 nitrogen and oxygen atoms in total. The molecular weight excluding hydrogens is 518 g/mol. The van der Waals surface area contributed by atoms with Crippen molar-refractivity contribution >= 4 is 18.0 Å². The molecule has 0 aromatic heterocycles. The van der Waals surface area contributed by atoms with Gasteiger partial charge >= 0.3 is 12.1 Å². The topological polar surface area (TPSA) is 99.2 Å². The largest absolute Gasteiger partial charge is 0.481 e. The predicted octanol–water partition coefficient (Wildman–Crippen LogP) is 5.30. The van der Waals surface area contributed by atoms with E-state index in [0.717, 1.165) is 16.7 Å². The summed E-state index contributed by atoms with van der Waals surface area (Å²) in [6.45, 7) is 6.15. The number of rotatable bonds is 13. The summed E-state index contributed by atoms with van der Waals surface area (Å²) in [7, 11) is 1.73. The molecule has 2 N–H and O–H groups in total. The van der Waals surface area contributed by atoms with Gasteiger partial charge in [-0.3, -0.25) is 14.5 Å². The van der Waals surface area contributed by atoms with Gasteiger partial charge in [0.2, 0.25) is 5.91 Å². The van der Waals surface area contributed by atoms with Crippen molar-refractivity contribution in [3.63, 3.8) is 0 Å². The molecule has 0 aliphatic rings. The molecule has 2 atom stereocenters. The molecule has 0 unspecified atom stereocenters. The highest BCUT2D eigenvalue weighted by Gasteiger charge is 2.35. The van der Waals surface area contributed by atoms with Gasteiger partial charge in [-0.1, -0.05) is 91.0 Å². The number of carbonyl (C=O) groups is 3. The number of carbonyl (C=O) groups excluding carboxylic acids is 2. The van der Waals surface area contributed by atoms with Gasteiger partial charge in [-0.05, 0) is 37.5 Å². The van der Waals surface area contributed by atoms with Gasteiger partial charge in [0.15, 0.2) is 0 Å². The first kappa shape index (κ1) is 31.4. The molecule has 3 aromatic carbocycles. The summed E-state index contributed by atoms with van der Waals surface area (Å²) >= 11 is 0. The zero-order valence-electron chi connectivity index (χ0n) is 24.3. The van der Waals surface area contributed by atoms with Crippen molar-refractivity contribution in [3.05, 3.63) is 108 Å². The first-order valence-electron chi connectivity index (χ1n) is 13.9. The number of hydrogen-bond acceptors (Lipinski definition) is 5. The Bertz CT molecular complexity index is 1250. The van der Waals surface area contributed by atoms with Crippen molar-refractivity contribution in [2.24, 2.45) is 0 Å². The van der Waals surface area contributed by atoms with Crippen molar-refractivity contribution < 1.29 is 24.2 Å². The maximum absolute atomic E-state index is 14.0. The number of ether oxygens (including phenoxy) is 1. The van der Waals surface area contributed by atoms with Crippen LogP contribution in [0.4, 0.5) is 4.79 Å². The van der Waals surface area contributed by atoms with E-state index in [0.29, 0.717) is 13.0 Å². The quantitative estimate of drug-likeness (QED) is 0.295. The zero-order valence-corrected chi connectivity index (χ0v) is 24.3. The lowest BCUT2D eigenvalue weighted by Gasteiger charge is -2.35. The third kappa shape index (κ3) is 10.4. The second kappa shape index (κ2) is 15.0. The number of carboxylic acids is 1. The van der Waals surface area contributed by atoms with Crippen LogP contribution in [0.5, 0.6) is 0 Å². The van der Waals surface area contributed by atoms with Crippen molar-refractivity contribution in [2.45, 2.75) is 57.8 Å². The van der Waals surface area contributed by atoms with Crippen molar-refractivity contribution in [3.8, 4) is 0 Å². The van der Waals surface area contributed by atoms with Crippen LogP contribution in [0.15, 0.2) is 91.0 Å². The average Bonchev–Trinajstić information content (AvgIpc) is 2.93. The van der Waals surface area contributed by atoms with Crippen LogP contribution in [0.1, 0.15) is 49.9 Å². The van der Waals surface area contributed by atoms with Crippen LogP contribution in [-0.4, -0.2) is 64.7 Å². The highest BCUT2D eigenvalue weighted by molar-refractivity contribution is 5.86. The minimum Gasteiger partial charge on any atom is -0.481 e. The minimum absolute atomic E-state index is 0.122. The molecule has 3 aromatic rings. The maximum atomic E-state index is 14.0.